The first kappa shape index (κ1) is 10.7. The minimum absolute atomic E-state index is 0.127. The van der Waals surface area contributed by atoms with Gasteiger partial charge >= 0.3 is 0 Å². The second-order valence-electron chi connectivity index (χ2n) is 2.91. The summed E-state index contributed by atoms with van der Waals surface area (Å²) in [7, 11) is 0. The van der Waals surface area contributed by atoms with Gasteiger partial charge in [0.25, 0.3) is 0 Å². The maximum absolute atomic E-state index is 10.2. The van der Waals surface area contributed by atoms with Gasteiger partial charge in [0.1, 0.15) is 5.69 Å². The quantitative estimate of drug-likeness (QED) is 0.728. The lowest BCUT2D eigenvalue weighted by Crippen LogP contribution is -2.25. The van der Waals surface area contributed by atoms with E-state index in [0.29, 0.717) is 12.2 Å². The molecular formula is C10H14N2O2. The number of nitrogens with zero attached hydrogens (tertiary/aromatic N) is 2. The van der Waals surface area contributed by atoms with Crippen LogP contribution in [0.4, 0.5) is 11.4 Å². The van der Waals surface area contributed by atoms with Crippen molar-refractivity contribution in [1.29, 1.82) is 0 Å². The number of anilines is 1. The molecule has 1 aromatic rings. The van der Waals surface area contributed by atoms with Gasteiger partial charge in [-0.1, -0.05) is 0 Å². The smallest absolute Gasteiger partial charge is 0.108 e. The van der Waals surface area contributed by atoms with Crippen LogP contribution in [0.5, 0.6) is 0 Å². The summed E-state index contributed by atoms with van der Waals surface area (Å²) in [6.45, 7) is 3.57. The van der Waals surface area contributed by atoms with E-state index in [2.05, 4.69) is 5.18 Å². The van der Waals surface area contributed by atoms with E-state index in [-0.39, 0.29) is 6.61 Å². The van der Waals surface area contributed by atoms with Gasteiger partial charge in [-0.15, -0.1) is 4.91 Å². The van der Waals surface area contributed by atoms with Crippen LogP contribution in [0.15, 0.2) is 29.4 Å². The molecule has 14 heavy (non-hydrogen) atoms. The standard InChI is InChI=1S/C10H14N2O2/c1-2-12(7-8-13)10-5-3-9(11-14)4-6-10/h3-6,13H,2,7-8H2,1H3. The van der Waals surface area contributed by atoms with Crippen LogP contribution in [-0.4, -0.2) is 24.8 Å². The van der Waals surface area contributed by atoms with Gasteiger partial charge < -0.3 is 10.0 Å². The molecule has 4 nitrogen and oxygen atoms in total. The summed E-state index contributed by atoms with van der Waals surface area (Å²) < 4.78 is 0. The lowest BCUT2D eigenvalue weighted by molar-refractivity contribution is 0.302. The fourth-order valence-electron chi connectivity index (χ4n) is 1.31. The molecule has 0 saturated heterocycles. The van der Waals surface area contributed by atoms with Gasteiger partial charge in [0.15, 0.2) is 0 Å². The van der Waals surface area contributed by atoms with Crippen LogP contribution in [-0.2, 0) is 0 Å². The molecule has 0 aliphatic carbocycles. The van der Waals surface area contributed by atoms with Gasteiger partial charge in [-0.2, -0.15) is 0 Å². The molecule has 0 fully saturated rings. The van der Waals surface area contributed by atoms with E-state index in [1.54, 1.807) is 12.1 Å². The molecule has 0 unspecified atom stereocenters. The number of nitroso groups, excluding NO2 is 1. The first-order valence-corrected chi connectivity index (χ1v) is 4.61. The number of aliphatic hydroxyl groups excluding tert-OH is 1. The van der Waals surface area contributed by atoms with E-state index >= 15 is 0 Å². The van der Waals surface area contributed by atoms with Crippen molar-refractivity contribution >= 4 is 11.4 Å². The summed E-state index contributed by atoms with van der Waals surface area (Å²) in [5.74, 6) is 0. The third-order valence-electron chi connectivity index (χ3n) is 2.07. The Morgan fingerprint density at radius 3 is 2.43 bits per heavy atom. The van der Waals surface area contributed by atoms with Crippen molar-refractivity contribution in [2.75, 3.05) is 24.6 Å². The summed E-state index contributed by atoms with van der Waals surface area (Å²) in [4.78, 5) is 12.2. The molecule has 0 bridgehead atoms. The highest BCUT2D eigenvalue weighted by Crippen LogP contribution is 2.18. The van der Waals surface area contributed by atoms with Gasteiger partial charge in [-0.3, -0.25) is 0 Å². The van der Waals surface area contributed by atoms with Crippen molar-refractivity contribution in [3.63, 3.8) is 0 Å². The zero-order valence-electron chi connectivity index (χ0n) is 8.18. The predicted octanol–water partition coefficient (Wildman–Crippen LogP) is 1.90. The van der Waals surface area contributed by atoms with Crippen molar-refractivity contribution in [3.8, 4) is 0 Å². The largest absolute Gasteiger partial charge is 0.395 e. The molecule has 76 valence electrons. The monoisotopic (exact) mass is 194 g/mol. The number of hydrogen-bond donors (Lipinski definition) is 1. The normalized spacial score (nSPS) is 9.86. The van der Waals surface area contributed by atoms with Crippen LogP contribution < -0.4 is 4.90 Å². The van der Waals surface area contributed by atoms with Crippen molar-refractivity contribution in [1.82, 2.24) is 0 Å². The Bertz CT molecular complexity index is 285. The molecule has 0 atom stereocenters. The summed E-state index contributed by atoms with van der Waals surface area (Å²) in [5.41, 5.74) is 1.42. The number of hydrogen-bond acceptors (Lipinski definition) is 4. The molecule has 0 amide bonds. The molecule has 4 heteroatoms. The fourth-order valence-corrected chi connectivity index (χ4v) is 1.31. The van der Waals surface area contributed by atoms with Crippen LogP contribution >= 0.6 is 0 Å². The van der Waals surface area contributed by atoms with Gasteiger partial charge in [-0.05, 0) is 36.4 Å². The molecule has 0 aromatic heterocycles. The van der Waals surface area contributed by atoms with E-state index in [9.17, 15) is 4.91 Å². The maximum atomic E-state index is 10.2. The first-order valence-electron chi connectivity index (χ1n) is 4.61. The van der Waals surface area contributed by atoms with Crippen molar-refractivity contribution < 1.29 is 5.11 Å². The Labute approximate surface area is 83.1 Å². The fraction of sp³-hybridized carbons (Fsp3) is 0.400. The Morgan fingerprint density at radius 2 is 2.00 bits per heavy atom. The van der Waals surface area contributed by atoms with E-state index in [4.69, 9.17) is 5.11 Å². The predicted molar refractivity (Wildman–Crippen MR) is 56.9 cm³/mol. The summed E-state index contributed by atoms with van der Waals surface area (Å²) >= 11 is 0. The third kappa shape index (κ3) is 2.53. The Kier molecular flexibility index (Phi) is 4.07. The SMILES string of the molecule is CCN(CCO)c1ccc(N=O)cc1. The number of likely N-dealkylation sites (N-methyl/N-ethyl adjacent to an activating group) is 1. The highest BCUT2D eigenvalue weighted by atomic mass is 16.3. The van der Waals surface area contributed by atoms with E-state index in [1.165, 1.54) is 0 Å². The highest BCUT2D eigenvalue weighted by Gasteiger charge is 2.02. The number of rotatable bonds is 5. The van der Waals surface area contributed by atoms with Crippen LogP contribution in [0, 0.1) is 4.91 Å². The lowest BCUT2D eigenvalue weighted by atomic mass is 10.2. The third-order valence-corrected chi connectivity index (χ3v) is 2.07. The Balaban J connectivity index is 2.77. The average molecular weight is 194 g/mol. The average Bonchev–Trinajstić information content (AvgIpc) is 2.26. The summed E-state index contributed by atoms with van der Waals surface area (Å²) in [5, 5.41) is 11.6. The molecular weight excluding hydrogens is 180 g/mol. The Morgan fingerprint density at radius 1 is 1.36 bits per heavy atom. The zero-order valence-corrected chi connectivity index (χ0v) is 8.18. The summed E-state index contributed by atoms with van der Waals surface area (Å²) in [6.07, 6.45) is 0. The molecule has 0 spiro atoms. The molecule has 1 N–H and O–H groups in total. The van der Waals surface area contributed by atoms with Crippen molar-refractivity contribution in [2.45, 2.75) is 6.92 Å². The first-order chi connectivity index (χ1) is 6.81. The molecule has 0 aliphatic heterocycles. The molecule has 0 saturated carbocycles. The molecule has 0 heterocycles. The van der Waals surface area contributed by atoms with Gasteiger partial charge in [0, 0.05) is 18.8 Å². The van der Waals surface area contributed by atoms with Gasteiger partial charge in [0.05, 0.1) is 6.61 Å². The second kappa shape index (κ2) is 5.34. The minimum Gasteiger partial charge on any atom is -0.395 e. The van der Waals surface area contributed by atoms with Crippen molar-refractivity contribution in [2.24, 2.45) is 5.18 Å². The molecule has 1 aromatic carbocycles. The molecule has 0 radical (unpaired) electrons. The second-order valence-corrected chi connectivity index (χ2v) is 2.91. The van der Waals surface area contributed by atoms with E-state index < -0.39 is 0 Å². The zero-order chi connectivity index (χ0) is 10.4. The molecule has 0 aliphatic rings. The minimum atomic E-state index is 0.127. The van der Waals surface area contributed by atoms with Crippen molar-refractivity contribution in [3.05, 3.63) is 29.2 Å². The van der Waals surface area contributed by atoms with Crippen LogP contribution in [0.2, 0.25) is 0 Å². The van der Waals surface area contributed by atoms with Gasteiger partial charge in [0.2, 0.25) is 0 Å². The lowest BCUT2D eigenvalue weighted by Gasteiger charge is -2.21. The number of benzene rings is 1. The number of aliphatic hydroxyl groups is 1. The van der Waals surface area contributed by atoms with Crippen LogP contribution in [0.3, 0.4) is 0 Å². The maximum Gasteiger partial charge on any atom is 0.108 e. The molecule has 1 rings (SSSR count). The topological polar surface area (TPSA) is 52.9 Å². The van der Waals surface area contributed by atoms with E-state index in [0.717, 1.165) is 12.2 Å². The van der Waals surface area contributed by atoms with Crippen LogP contribution in [0.25, 0.3) is 0 Å². The van der Waals surface area contributed by atoms with Crippen LogP contribution in [0.1, 0.15) is 6.92 Å². The van der Waals surface area contributed by atoms with Gasteiger partial charge in [-0.25, -0.2) is 0 Å². The highest BCUT2D eigenvalue weighted by molar-refractivity contribution is 5.52. The Hall–Kier alpha value is -1.42. The summed E-state index contributed by atoms with van der Waals surface area (Å²) in [6, 6.07) is 7.00. The van der Waals surface area contributed by atoms with E-state index in [1.807, 2.05) is 24.0 Å².